The quantitative estimate of drug-likeness (QED) is 0.773. The second kappa shape index (κ2) is 5.32. The fourth-order valence-electron chi connectivity index (χ4n) is 1.55. The average molecular weight is 267 g/mol. The molecule has 0 aliphatic rings. The van der Waals surface area contributed by atoms with Crippen molar-refractivity contribution in [2.24, 2.45) is 0 Å². The van der Waals surface area contributed by atoms with E-state index in [0.29, 0.717) is 12.2 Å². The van der Waals surface area contributed by atoms with Gasteiger partial charge in [-0.2, -0.15) is 8.42 Å². The molecule has 0 saturated carbocycles. The van der Waals surface area contributed by atoms with E-state index in [-0.39, 0.29) is 6.61 Å². The van der Waals surface area contributed by atoms with Crippen LogP contribution < -0.4 is 0 Å². The van der Waals surface area contributed by atoms with Gasteiger partial charge in [-0.25, -0.2) is 4.98 Å². The molecule has 5 nitrogen and oxygen atoms in total. The van der Waals surface area contributed by atoms with Crippen molar-refractivity contribution in [2.75, 3.05) is 12.9 Å². The first-order valence-corrected chi connectivity index (χ1v) is 7.18. The predicted molar refractivity (Wildman–Crippen MR) is 66.4 cm³/mol. The molecule has 0 saturated heterocycles. The van der Waals surface area contributed by atoms with Crippen LogP contribution in [0.1, 0.15) is 5.56 Å². The van der Waals surface area contributed by atoms with E-state index in [0.717, 1.165) is 17.4 Å². The Morgan fingerprint density at radius 3 is 2.89 bits per heavy atom. The maximum atomic E-state index is 10.8. The Morgan fingerprint density at radius 1 is 1.39 bits per heavy atom. The van der Waals surface area contributed by atoms with Crippen LogP contribution in [0.15, 0.2) is 41.3 Å². The lowest BCUT2D eigenvalue weighted by molar-refractivity contribution is 0.326. The van der Waals surface area contributed by atoms with E-state index in [1.54, 1.807) is 6.20 Å². The van der Waals surface area contributed by atoms with Crippen molar-refractivity contribution < 1.29 is 17.0 Å². The summed E-state index contributed by atoms with van der Waals surface area (Å²) >= 11 is 0. The summed E-state index contributed by atoms with van der Waals surface area (Å²) in [6.45, 7) is 0.138. The van der Waals surface area contributed by atoms with Crippen molar-refractivity contribution in [1.29, 1.82) is 0 Å². The van der Waals surface area contributed by atoms with E-state index < -0.39 is 10.1 Å². The number of aromatic nitrogens is 1. The van der Waals surface area contributed by atoms with Gasteiger partial charge in [0, 0.05) is 5.56 Å². The first kappa shape index (κ1) is 12.8. The Kier molecular flexibility index (Phi) is 3.78. The van der Waals surface area contributed by atoms with Crippen LogP contribution in [-0.4, -0.2) is 26.3 Å². The molecule has 96 valence electrons. The van der Waals surface area contributed by atoms with E-state index in [2.05, 4.69) is 4.98 Å². The van der Waals surface area contributed by atoms with Gasteiger partial charge < -0.3 is 4.42 Å². The molecule has 0 amide bonds. The minimum atomic E-state index is -3.38. The highest BCUT2D eigenvalue weighted by Gasteiger charge is 2.04. The Balaban J connectivity index is 2.04. The van der Waals surface area contributed by atoms with Gasteiger partial charge in [-0.15, -0.1) is 0 Å². The Hall–Kier alpha value is -1.66. The number of nitrogens with zero attached hydrogens (tertiary/aromatic N) is 1. The number of hydrogen-bond donors (Lipinski definition) is 0. The molecule has 1 aromatic heterocycles. The molecule has 0 spiro atoms. The van der Waals surface area contributed by atoms with E-state index >= 15 is 0 Å². The van der Waals surface area contributed by atoms with Crippen LogP contribution in [0.2, 0.25) is 0 Å². The molecule has 0 aliphatic heterocycles. The van der Waals surface area contributed by atoms with Crippen LogP contribution >= 0.6 is 0 Å². The molecular weight excluding hydrogens is 254 g/mol. The van der Waals surface area contributed by atoms with Gasteiger partial charge in [0.1, 0.15) is 0 Å². The van der Waals surface area contributed by atoms with Gasteiger partial charge in [-0.3, -0.25) is 4.18 Å². The number of hydrogen-bond acceptors (Lipinski definition) is 5. The van der Waals surface area contributed by atoms with Crippen LogP contribution in [0.5, 0.6) is 0 Å². The van der Waals surface area contributed by atoms with Crippen molar-refractivity contribution in [3.8, 4) is 11.3 Å². The van der Waals surface area contributed by atoms with Gasteiger partial charge in [0.2, 0.25) is 0 Å². The summed E-state index contributed by atoms with van der Waals surface area (Å²) in [5, 5.41) is 0. The largest absolute Gasteiger partial charge is 0.444 e. The zero-order valence-corrected chi connectivity index (χ0v) is 10.7. The van der Waals surface area contributed by atoms with E-state index in [9.17, 15) is 8.42 Å². The fourth-order valence-corrected chi connectivity index (χ4v) is 1.94. The maximum Gasteiger partial charge on any atom is 0.264 e. The summed E-state index contributed by atoms with van der Waals surface area (Å²) in [4.78, 5) is 3.85. The summed E-state index contributed by atoms with van der Waals surface area (Å²) < 4.78 is 31.6. The van der Waals surface area contributed by atoms with Crippen LogP contribution in [0.4, 0.5) is 0 Å². The van der Waals surface area contributed by atoms with Gasteiger partial charge in [0.25, 0.3) is 10.1 Å². The Labute approximate surface area is 106 Å². The van der Waals surface area contributed by atoms with Crippen LogP contribution in [0.3, 0.4) is 0 Å². The zero-order valence-electron chi connectivity index (χ0n) is 9.87. The van der Waals surface area contributed by atoms with Gasteiger partial charge in [0.15, 0.2) is 12.2 Å². The smallest absolute Gasteiger partial charge is 0.264 e. The molecular formula is C12H13NO4S. The van der Waals surface area contributed by atoms with Crippen molar-refractivity contribution in [3.05, 3.63) is 42.4 Å². The third-order valence-electron chi connectivity index (χ3n) is 2.33. The van der Waals surface area contributed by atoms with Gasteiger partial charge in [-0.05, 0) is 18.1 Å². The highest BCUT2D eigenvalue weighted by atomic mass is 32.2. The lowest BCUT2D eigenvalue weighted by atomic mass is 10.1. The average Bonchev–Trinajstić information content (AvgIpc) is 2.81. The second-order valence-corrected chi connectivity index (χ2v) is 5.49. The molecule has 0 N–H and O–H groups in total. The standard InChI is InChI=1S/C12H13NO4S/c1-18(14,15)17-6-5-10-3-2-4-11(7-10)12-8-13-9-16-12/h2-4,7-9H,5-6H2,1H3. The first-order chi connectivity index (χ1) is 8.54. The molecule has 0 fully saturated rings. The zero-order chi connectivity index (χ0) is 13.0. The summed E-state index contributed by atoms with van der Waals surface area (Å²) in [5.41, 5.74) is 1.89. The third kappa shape index (κ3) is 3.68. The highest BCUT2D eigenvalue weighted by Crippen LogP contribution is 2.19. The summed E-state index contributed by atoms with van der Waals surface area (Å²) in [5.74, 6) is 0.681. The molecule has 18 heavy (non-hydrogen) atoms. The topological polar surface area (TPSA) is 69.4 Å². The maximum absolute atomic E-state index is 10.8. The molecule has 0 radical (unpaired) electrons. The van der Waals surface area contributed by atoms with Crippen molar-refractivity contribution in [3.63, 3.8) is 0 Å². The number of rotatable bonds is 5. The first-order valence-electron chi connectivity index (χ1n) is 5.37. The molecule has 2 aromatic rings. The van der Waals surface area contributed by atoms with Crippen molar-refractivity contribution in [1.82, 2.24) is 4.98 Å². The molecule has 0 unspecified atom stereocenters. The van der Waals surface area contributed by atoms with Crippen molar-refractivity contribution in [2.45, 2.75) is 6.42 Å². The van der Waals surface area contributed by atoms with Crippen LogP contribution in [0, 0.1) is 0 Å². The molecule has 0 atom stereocenters. The van der Waals surface area contributed by atoms with Gasteiger partial charge in [0.05, 0.1) is 19.1 Å². The summed E-state index contributed by atoms with van der Waals surface area (Å²) in [7, 11) is -3.38. The Morgan fingerprint density at radius 2 is 2.22 bits per heavy atom. The SMILES string of the molecule is CS(=O)(=O)OCCc1cccc(-c2cnco2)c1. The van der Waals surface area contributed by atoms with E-state index in [4.69, 9.17) is 8.60 Å². The molecule has 0 bridgehead atoms. The molecule has 1 heterocycles. The highest BCUT2D eigenvalue weighted by molar-refractivity contribution is 7.85. The van der Waals surface area contributed by atoms with Crippen LogP contribution in [0.25, 0.3) is 11.3 Å². The molecule has 1 aromatic carbocycles. The normalized spacial score (nSPS) is 11.6. The van der Waals surface area contributed by atoms with Gasteiger partial charge >= 0.3 is 0 Å². The molecule has 6 heteroatoms. The molecule has 2 rings (SSSR count). The minimum absolute atomic E-state index is 0.138. The second-order valence-electron chi connectivity index (χ2n) is 3.84. The summed E-state index contributed by atoms with van der Waals surface area (Å²) in [6, 6.07) is 7.62. The minimum Gasteiger partial charge on any atom is -0.444 e. The van der Waals surface area contributed by atoms with Gasteiger partial charge in [-0.1, -0.05) is 18.2 Å². The lowest BCUT2D eigenvalue weighted by Crippen LogP contribution is -2.06. The van der Waals surface area contributed by atoms with Crippen LogP contribution in [-0.2, 0) is 20.7 Å². The predicted octanol–water partition coefficient (Wildman–Crippen LogP) is 1.86. The third-order valence-corrected chi connectivity index (χ3v) is 2.93. The van der Waals surface area contributed by atoms with Crippen molar-refractivity contribution >= 4 is 10.1 Å². The summed E-state index contributed by atoms with van der Waals surface area (Å²) in [6.07, 6.45) is 4.56. The molecule has 0 aliphatic carbocycles. The lowest BCUT2D eigenvalue weighted by Gasteiger charge is -2.03. The fraction of sp³-hybridized carbons (Fsp3) is 0.250. The van der Waals surface area contributed by atoms with E-state index in [1.165, 1.54) is 6.39 Å². The Bertz CT molecular complexity index is 605. The number of oxazole rings is 1. The van der Waals surface area contributed by atoms with E-state index in [1.807, 2.05) is 24.3 Å². The number of benzene rings is 1. The monoisotopic (exact) mass is 267 g/mol.